The predicted octanol–water partition coefficient (Wildman–Crippen LogP) is 2.70. The van der Waals surface area contributed by atoms with E-state index in [1.54, 1.807) is 6.07 Å². The molecule has 0 unspecified atom stereocenters. The van der Waals surface area contributed by atoms with Gasteiger partial charge in [-0.3, -0.25) is 9.20 Å². The largest absolute Gasteiger partial charge is 0.335 e. The predicted molar refractivity (Wildman–Crippen MR) is 84.6 cm³/mol. The summed E-state index contributed by atoms with van der Waals surface area (Å²) in [6, 6.07) is 13.6. The first-order chi connectivity index (χ1) is 10.7. The van der Waals surface area contributed by atoms with Crippen molar-refractivity contribution in [2.75, 3.05) is 6.54 Å². The Bertz CT molecular complexity index is 795. The summed E-state index contributed by atoms with van der Waals surface area (Å²) >= 11 is 0. The third-order valence-corrected chi connectivity index (χ3v) is 3.71. The summed E-state index contributed by atoms with van der Waals surface area (Å²) in [6.07, 6.45) is 1.84. The minimum Gasteiger partial charge on any atom is -0.335 e. The van der Waals surface area contributed by atoms with Crippen molar-refractivity contribution < 1.29 is 4.79 Å². The van der Waals surface area contributed by atoms with Gasteiger partial charge in [-0.05, 0) is 31.5 Å². The highest BCUT2D eigenvalue weighted by Gasteiger charge is 2.15. The highest BCUT2D eigenvalue weighted by molar-refractivity contribution is 5.95. The maximum Gasteiger partial charge on any atom is 0.254 e. The van der Waals surface area contributed by atoms with Gasteiger partial charge in [0.25, 0.3) is 5.91 Å². The lowest BCUT2D eigenvalue weighted by atomic mass is 10.2. The number of carbonyl (C=O) groups excluding carboxylic acids is 1. The lowest BCUT2D eigenvalue weighted by molar-refractivity contribution is 0.0752. The lowest BCUT2D eigenvalue weighted by Crippen LogP contribution is -2.30. The molecule has 0 aliphatic rings. The molecule has 1 aromatic carbocycles. The fourth-order valence-corrected chi connectivity index (χ4v) is 2.46. The van der Waals surface area contributed by atoms with E-state index in [1.165, 1.54) is 0 Å². The van der Waals surface area contributed by atoms with Gasteiger partial charge < -0.3 is 4.90 Å². The summed E-state index contributed by atoms with van der Waals surface area (Å²) in [4.78, 5) is 14.5. The lowest BCUT2D eigenvalue weighted by Gasteiger charge is -2.21. The smallest absolute Gasteiger partial charge is 0.254 e. The molecule has 3 aromatic rings. The molecule has 0 radical (unpaired) electrons. The molecule has 0 N–H and O–H groups in total. The summed E-state index contributed by atoms with van der Waals surface area (Å²) in [7, 11) is 0. The van der Waals surface area contributed by atoms with Crippen molar-refractivity contribution in [3.05, 3.63) is 65.6 Å². The van der Waals surface area contributed by atoms with E-state index < -0.39 is 0 Å². The molecule has 0 spiro atoms. The van der Waals surface area contributed by atoms with Crippen molar-refractivity contribution in [2.45, 2.75) is 20.4 Å². The number of benzene rings is 1. The molecular weight excluding hydrogens is 276 g/mol. The van der Waals surface area contributed by atoms with Gasteiger partial charge in [0.15, 0.2) is 5.65 Å². The Balaban J connectivity index is 1.86. The van der Waals surface area contributed by atoms with Gasteiger partial charge in [-0.2, -0.15) is 0 Å². The highest BCUT2D eigenvalue weighted by Crippen LogP contribution is 2.12. The van der Waals surface area contributed by atoms with Crippen molar-refractivity contribution in [3.63, 3.8) is 0 Å². The average Bonchev–Trinajstić information content (AvgIpc) is 2.93. The van der Waals surface area contributed by atoms with E-state index in [0.717, 1.165) is 11.4 Å². The Morgan fingerprint density at radius 2 is 1.95 bits per heavy atom. The fourth-order valence-electron chi connectivity index (χ4n) is 2.46. The van der Waals surface area contributed by atoms with Gasteiger partial charge in [0.05, 0.1) is 0 Å². The van der Waals surface area contributed by atoms with Crippen LogP contribution in [0.5, 0.6) is 0 Å². The minimum atomic E-state index is 0.00880. The average molecular weight is 294 g/mol. The van der Waals surface area contributed by atoms with Crippen LogP contribution in [0.4, 0.5) is 0 Å². The number of pyridine rings is 1. The number of aryl methyl sites for hydroxylation is 1. The molecule has 0 aliphatic heterocycles. The van der Waals surface area contributed by atoms with Crippen molar-refractivity contribution in [2.24, 2.45) is 0 Å². The molecule has 22 heavy (non-hydrogen) atoms. The molecule has 0 saturated carbocycles. The molecule has 3 rings (SSSR count). The topological polar surface area (TPSA) is 50.5 Å². The monoisotopic (exact) mass is 294 g/mol. The first kappa shape index (κ1) is 14.3. The van der Waals surface area contributed by atoms with E-state index in [0.29, 0.717) is 24.3 Å². The van der Waals surface area contributed by atoms with Crippen LogP contribution >= 0.6 is 0 Å². The number of carbonyl (C=O) groups is 1. The van der Waals surface area contributed by atoms with Gasteiger partial charge in [-0.25, -0.2) is 0 Å². The van der Waals surface area contributed by atoms with Crippen molar-refractivity contribution in [1.82, 2.24) is 19.5 Å². The summed E-state index contributed by atoms with van der Waals surface area (Å²) in [6.45, 7) is 5.13. The molecule has 0 bridgehead atoms. The second-order valence-corrected chi connectivity index (χ2v) is 5.20. The first-order valence-electron chi connectivity index (χ1n) is 7.33. The molecule has 2 aromatic heterocycles. The molecule has 2 heterocycles. The number of hydrogen-bond donors (Lipinski definition) is 0. The maximum absolute atomic E-state index is 12.7. The van der Waals surface area contributed by atoms with Crippen molar-refractivity contribution in [1.29, 1.82) is 0 Å². The molecule has 0 saturated heterocycles. The van der Waals surface area contributed by atoms with Crippen molar-refractivity contribution in [3.8, 4) is 0 Å². The summed E-state index contributed by atoms with van der Waals surface area (Å²) < 4.78 is 1.87. The molecule has 0 atom stereocenters. The number of hydrogen-bond acceptors (Lipinski definition) is 3. The van der Waals surface area contributed by atoms with Gasteiger partial charge in [-0.1, -0.05) is 30.3 Å². The third kappa shape index (κ3) is 2.70. The normalized spacial score (nSPS) is 10.8. The second kappa shape index (κ2) is 5.97. The van der Waals surface area contributed by atoms with Gasteiger partial charge in [0.2, 0.25) is 0 Å². The minimum absolute atomic E-state index is 0.00880. The van der Waals surface area contributed by atoms with Crippen LogP contribution in [0.25, 0.3) is 5.65 Å². The second-order valence-electron chi connectivity index (χ2n) is 5.20. The van der Waals surface area contributed by atoms with Crippen LogP contribution in [0.3, 0.4) is 0 Å². The molecule has 0 fully saturated rings. The number of fused-ring (bicyclic) bond motifs is 1. The Morgan fingerprint density at radius 1 is 1.18 bits per heavy atom. The van der Waals surface area contributed by atoms with E-state index in [-0.39, 0.29) is 5.91 Å². The maximum atomic E-state index is 12.7. The Kier molecular flexibility index (Phi) is 3.87. The molecular formula is C17H18N4O. The highest BCUT2D eigenvalue weighted by atomic mass is 16.2. The number of amides is 1. The molecule has 1 amide bonds. The molecule has 0 aliphatic carbocycles. The quantitative estimate of drug-likeness (QED) is 0.743. The van der Waals surface area contributed by atoms with Crippen LogP contribution in [0.2, 0.25) is 0 Å². The van der Waals surface area contributed by atoms with Crippen LogP contribution in [0, 0.1) is 6.92 Å². The van der Waals surface area contributed by atoms with Crippen molar-refractivity contribution >= 4 is 11.6 Å². The van der Waals surface area contributed by atoms with E-state index in [4.69, 9.17) is 0 Å². The Labute approximate surface area is 129 Å². The number of aromatic nitrogens is 3. The zero-order chi connectivity index (χ0) is 15.5. The summed E-state index contributed by atoms with van der Waals surface area (Å²) in [5, 5.41) is 8.09. The van der Waals surface area contributed by atoms with Crippen LogP contribution in [0.1, 0.15) is 28.7 Å². The molecule has 112 valence electrons. The fraction of sp³-hybridized carbons (Fsp3) is 0.235. The zero-order valence-electron chi connectivity index (χ0n) is 12.7. The summed E-state index contributed by atoms with van der Waals surface area (Å²) in [5.41, 5.74) is 2.45. The summed E-state index contributed by atoms with van der Waals surface area (Å²) in [5.74, 6) is 0.820. The Morgan fingerprint density at radius 3 is 2.68 bits per heavy atom. The third-order valence-electron chi connectivity index (χ3n) is 3.71. The van der Waals surface area contributed by atoms with E-state index in [1.807, 2.05) is 65.7 Å². The standard InChI is InChI=1S/C17H18N4O/c1-3-20(12-14-7-5-4-6-8-14)17(22)15-9-10-21-13(2)18-19-16(21)11-15/h4-11H,3,12H2,1-2H3. The van der Waals surface area contributed by atoms with Crippen LogP contribution in [-0.4, -0.2) is 31.9 Å². The SMILES string of the molecule is CCN(Cc1ccccc1)C(=O)c1ccn2c(C)nnc2c1. The van der Waals surface area contributed by atoms with E-state index >= 15 is 0 Å². The van der Waals surface area contributed by atoms with Gasteiger partial charge in [0, 0.05) is 24.8 Å². The van der Waals surface area contributed by atoms with Gasteiger partial charge >= 0.3 is 0 Å². The molecule has 5 heteroatoms. The zero-order valence-corrected chi connectivity index (χ0v) is 12.7. The first-order valence-corrected chi connectivity index (χ1v) is 7.33. The van der Waals surface area contributed by atoms with Gasteiger partial charge in [-0.15, -0.1) is 10.2 Å². The van der Waals surface area contributed by atoms with Crippen LogP contribution in [0.15, 0.2) is 48.7 Å². The van der Waals surface area contributed by atoms with E-state index in [9.17, 15) is 4.79 Å². The number of rotatable bonds is 4. The van der Waals surface area contributed by atoms with E-state index in [2.05, 4.69) is 10.2 Å². The van der Waals surface area contributed by atoms with Crippen LogP contribution < -0.4 is 0 Å². The molecule has 5 nitrogen and oxygen atoms in total. The van der Waals surface area contributed by atoms with Gasteiger partial charge in [0.1, 0.15) is 5.82 Å². The Hall–Kier alpha value is -2.69. The van der Waals surface area contributed by atoms with Crippen LogP contribution in [-0.2, 0) is 6.54 Å². The number of nitrogens with zero attached hydrogens (tertiary/aromatic N) is 4.